The van der Waals surface area contributed by atoms with Crippen molar-refractivity contribution >= 4 is 0 Å². The van der Waals surface area contributed by atoms with Gasteiger partial charge in [-0.05, 0) is 42.7 Å². The van der Waals surface area contributed by atoms with Crippen molar-refractivity contribution in [2.24, 2.45) is 5.73 Å². The lowest BCUT2D eigenvalue weighted by Gasteiger charge is -2.09. The predicted molar refractivity (Wildman–Crippen MR) is 61.4 cm³/mol. The van der Waals surface area contributed by atoms with Crippen LogP contribution < -0.4 is 10.5 Å². The third-order valence-corrected chi connectivity index (χ3v) is 2.36. The molecular weight excluding hydrogens is 186 g/mol. The summed E-state index contributed by atoms with van der Waals surface area (Å²) in [5.74, 6) is 1.80. The van der Waals surface area contributed by atoms with Crippen molar-refractivity contribution < 1.29 is 4.74 Å². The first kappa shape index (κ1) is 9.99. The second-order valence-corrected chi connectivity index (χ2v) is 3.54. The summed E-state index contributed by atoms with van der Waals surface area (Å²) in [5.41, 5.74) is 6.64. The monoisotopic (exact) mass is 201 g/mol. The highest BCUT2D eigenvalue weighted by Gasteiger charge is 2.00. The van der Waals surface area contributed by atoms with Gasteiger partial charge in [-0.25, -0.2) is 0 Å². The van der Waals surface area contributed by atoms with Crippen molar-refractivity contribution in [3.05, 3.63) is 53.8 Å². The molecule has 2 heteroatoms. The highest BCUT2D eigenvalue weighted by Crippen LogP contribution is 2.18. The number of hydrogen-bond acceptors (Lipinski definition) is 2. The Morgan fingerprint density at radius 1 is 1.13 bits per heavy atom. The Morgan fingerprint density at radius 2 is 1.93 bits per heavy atom. The van der Waals surface area contributed by atoms with Crippen molar-refractivity contribution in [1.82, 2.24) is 0 Å². The van der Waals surface area contributed by atoms with Gasteiger partial charge in [0, 0.05) is 6.54 Å². The van der Waals surface area contributed by atoms with Gasteiger partial charge in [-0.15, -0.1) is 0 Å². The Kier molecular flexibility index (Phi) is 3.20. The highest BCUT2D eigenvalue weighted by molar-refractivity contribution is 5.30. The Bertz CT molecular complexity index is 376. The molecule has 0 heterocycles. The lowest BCUT2D eigenvalue weighted by molar-refractivity contribution is 0.439. The fourth-order valence-electron chi connectivity index (χ4n) is 1.49. The Morgan fingerprint density at radius 3 is 2.53 bits per heavy atom. The number of allylic oxidation sites excluding steroid dienone is 3. The van der Waals surface area contributed by atoms with E-state index in [1.54, 1.807) is 0 Å². The zero-order valence-electron chi connectivity index (χ0n) is 8.65. The molecule has 2 N–H and O–H groups in total. The number of benzene rings is 1. The van der Waals surface area contributed by atoms with Gasteiger partial charge in [-0.3, -0.25) is 0 Å². The van der Waals surface area contributed by atoms with Crippen LogP contribution in [0.3, 0.4) is 0 Å². The van der Waals surface area contributed by atoms with E-state index in [1.165, 1.54) is 0 Å². The summed E-state index contributed by atoms with van der Waals surface area (Å²) in [7, 11) is 0. The molecule has 1 aromatic rings. The molecule has 2 rings (SSSR count). The minimum absolute atomic E-state index is 0.572. The van der Waals surface area contributed by atoms with Crippen LogP contribution in [0.5, 0.6) is 5.75 Å². The zero-order chi connectivity index (χ0) is 10.5. The summed E-state index contributed by atoms with van der Waals surface area (Å²) in [5, 5.41) is 0. The number of rotatable bonds is 3. The van der Waals surface area contributed by atoms with Crippen molar-refractivity contribution in [2.45, 2.75) is 19.4 Å². The van der Waals surface area contributed by atoms with Crippen LogP contribution in [0.15, 0.2) is 48.3 Å². The van der Waals surface area contributed by atoms with Crippen LogP contribution in [0.2, 0.25) is 0 Å². The van der Waals surface area contributed by atoms with Gasteiger partial charge in [0.1, 0.15) is 11.5 Å². The van der Waals surface area contributed by atoms with Crippen LogP contribution in [0, 0.1) is 0 Å². The number of ether oxygens (including phenoxy) is 1. The molecule has 78 valence electrons. The molecule has 0 aliphatic heterocycles. The highest BCUT2D eigenvalue weighted by atomic mass is 16.5. The normalized spacial score (nSPS) is 14.9. The van der Waals surface area contributed by atoms with Gasteiger partial charge in [-0.2, -0.15) is 0 Å². The van der Waals surface area contributed by atoms with Gasteiger partial charge in [0.2, 0.25) is 0 Å². The quantitative estimate of drug-likeness (QED) is 0.816. The van der Waals surface area contributed by atoms with Gasteiger partial charge >= 0.3 is 0 Å². The average Bonchev–Trinajstić information content (AvgIpc) is 2.31. The first-order valence-electron chi connectivity index (χ1n) is 5.22. The molecule has 0 amide bonds. The van der Waals surface area contributed by atoms with Crippen molar-refractivity contribution in [2.75, 3.05) is 0 Å². The van der Waals surface area contributed by atoms with Crippen LogP contribution >= 0.6 is 0 Å². The fourth-order valence-corrected chi connectivity index (χ4v) is 1.49. The summed E-state index contributed by atoms with van der Waals surface area (Å²) in [4.78, 5) is 0. The molecule has 2 nitrogen and oxygen atoms in total. The maximum absolute atomic E-state index is 5.69. The van der Waals surface area contributed by atoms with E-state index in [9.17, 15) is 0 Å². The van der Waals surface area contributed by atoms with E-state index in [0.29, 0.717) is 6.54 Å². The molecule has 0 fully saturated rings. The molecule has 0 saturated carbocycles. The fraction of sp³-hybridized carbons (Fsp3) is 0.231. The van der Waals surface area contributed by atoms with Crippen molar-refractivity contribution in [3.8, 4) is 5.75 Å². The minimum atomic E-state index is 0.572. The van der Waals surface area contributed by atoms with E-state index in [-0.39, 0.29) is 0 Å². The van der Waals surface area contributed by atoms with Gasteiger partial charge in [0.25, 0.3) is 0 Å². The van der Waals surface area contributed by atoms with Crippen LogP contribution in [-0.4, -0.2) is 0 Å². The number of nitrogens with two attached hydrogens (primary N) is 1. The van der Waals surface area contributed by atoms with Crippen LogP contribution in [0.25, 0.3) is 0 Å². The van der Waals surface area contributed by atoms with Crippen molar-refractivity contribution in [1.29, 1.82) is 0 Å². The standard InChI is InChI=1S/C13H15NO/c14-10-11-6-8-13(9-7-11)15-12-4-2-1-3-5-12/h2,4-9H,1,3,10,14H2. The van der Waals surface area contributed by atoms with E-state index < -0.39 is 0 Å². The zero-order valence-corrected chi connectivity index (χ0v) is 8.65. The van der Waals surface area contributed by atoms with Crippen molar-refractivity contribution in [3.63, 3.8) is 0 Å². The largest absolute Gasteiger partial charge is 0.458 e. The van der Waals surface area contributed by atoms with Crippen LogP contribution in [-0.2, 0) is 6.54 Å². The van der Waals surface area contributed by atoms with E-state index in [0.717, 1.165) is 29.9 Å². The molecule has 1 aromatic carbocycles. The molecule has 1 aliphatic rings. The average molecular weight is 201 g/mol. The Labute approximate surface area is 90.1 Å². The molecule has 1 aliphatic carbocycles. The van der Waals surface area contributed by atoms with E-state index in [1.807, 2.05) is 30.3 Å². The second-order valence-electron chi connectivity index (χ2n) is 3.54. The summed E-state index contributed by atoms with van der Waals surface area (Å²) in [6.45, 7) is 0.572. The van der Waals surface area contributed by atoms with E-state index in [4.69, 9.17) is 10.5 Å². The van der Waals surface area contributed by atoms with Gasteiger partial charge < -0.3 is 10.5 Å². The molecule has 15 heavy (non-hydrogen) atoms. The molecule has 0 bridgehead atoms. The molecule has 0 unspecified atom stereocenters. The van der Waals surface area contributed by atoms with E-state index in [2.05, 4.69) is 12.2 Å². The summed E-state index contributed by atoms with van der Waals surface area (Å²) in [6.07, 6.45) is 8.42. The molecule has 0 radical (unpaired) electrons. The summed E-state index contributed by atoms with van der Waals surface area (Å²) >= 11 is 0. The van der Waals surface area contributed by atoms with E-state index >= 15 is 0 Å². The minimum Gasteiger partial charge on any atom is -0.458 e. The lowest BCUT2D eigenvalue weighted by Crippen LogP contribution is -1.97. The Balaban J connectivity index is 2.04. The third-order valence-electron chi connectivity index (χ3n) is 2.36. The summed E-state index contributed by atoms with van der Waals surface area (Å²) in [6, 6.07) is 7.88. The van der Waals surface area contributed by atoms with Gasteiger partial charge in [0.05, 0.1) is 0 Å². The van der Waals surface area contributed by atoms with Gasteiger partial charge in [-0.1, -0.05) is 18.2 Å². The first-order valence-corrected chi connectivity index (χ1v) is 5.22. The van der Waals surface area contributed by atoms with Crippen LogP contribution in [0.4, 0.5) is 0 Å². The predicted octanol–water partition coefficient (Wildman–Crippen LogP) is 2.76. The lowest BCUT2D eigenvalue weighted by atomic mass is 10.2. The Hall–Kier alpha value is -1.54. The topological polar surface area (TPSA) is 35.2 Å². The molecule has 0 aromatic heterocycles. The smallest absolute Gasteiger partial charge is 0.127 e. The summed E-state index contributed by atoms with van der Waals surface area (Å²) < 4.78 is 5.69. The molecule has 0 atom stereocenters. The third kappa shape index (κ3) is 2.70. The van der Waals surface area contributed by atoms with Gasteiger partial charge in [0.15, 0.2) is 0 Å². The SMILES string of the molecule is NCc1ccc(OC2=CCCC=C2)cc1. The molecule has 0 saturated heterocycles. The maximum Gasteiger partial charge on any atom is 0.127 e. The first-order chi connectivity index (χ1) is 7.38. The number of hydrogen-bond donors (Lipinski definition) is 1. The molecule has 0 spiro atoms. The van der Waals surface area contributed by atoms with Crippen LogP contribution in [0.1, 0.15) is 18.4 Å². The molecular formula is C13H15NO. The second kappa shape index (κ2) is 4.80. The maximum atomic E-state index is 5.69.